The Balaban J connectivity index is 1.72. The standard InChI is InChI=1S/C19H18N2OS/c20-13-15-7-9-16(10-8-15)14-23-18-6-2-1-5-17(18)19(22)21-11-3-4-12-21/h1-2,5-10H,3-4,11-12,14H2. The van der Waals surface area contributed by atoms with E-state index in [1.54, 1.807) is 11.8 Å². The normalized spacial score (nSPS) is 13.8. The Morgan fingerprint density at radius 1 is 1.09 bits per heavy atom. The van der Waals surface area contributed by atoms with Gasteiger partial charge in [0.05, 0.1) is 17.2 Å². The summed E-state index contributed by atoms with van der Waals surface area (Å²) in [5.41, 5.74) is 2.62. The lowest BCUT2D eigenvalue weighted by Gasteiger charge is -2.17. The number of rotatable bonds is 4. The maximum atomic E-state index is 12.6. The first-order valence-electron chi connectivity index (χ1n) is 7.78. The van der Waals surface area contributed by atoms with Gasteiger partial charge in [0, 0.05) is 23.7 Å². The van der Waals surface area contributed by atoms with Crippen molar-refractivity contribution in [1.82, 2.24) is 4.90 Å². The molecule has 0 spiro atoms. The summed E-state index contributed by atoms with van der Waals surface area (Å²) in [7, 11) is 0. The van der Waals surface area contributed by atoms with E-state index in [0.717, 1.165) is 47.7 Å². The molecule has 0 aliphatic carbocycles. The topological polar surface area (TPSA) is 44.1 Å². The fraction of sp³-hybridized carbons (Fsp3) is 0.263. The minimum Gasteiger partial charge on any atom is -0.339 e. The van der Waals surface area contributed by atoms with E-state index in [2.05, 4.69) is 6.07 Å². The largest absolute Gasteiger partial charge is 0.339 e. The minimum absolute atomic E-state index is 0.144. The van der Waals surface area contributed by atoms with E-state index in [4.69, 9.17) is 5.26 Å². The zero-order valence-electron chi connectivity index (χ0n) is 12.9. The first-order valence-corrected chi connectivity index (χ1v) is 8.76. The number of nitriles is 1. The Kier molecular flexibility index (Phi) is 4.99. The fourth-order valence-corrected chi connectivity index (χ4v) is 3.70. The summed E-state index contributed by atoms with van der Waals surface area (Å²) in [6.45, 7) is 1.74. The van der Waals surface area contributed by atoms with E-state index in [9.17, 15) is 4.79 Å². The van der Waals surface area contributed by atoms with Gasteiger partial charge in [0.15, 0.2) is 0 Å². The van der Waals surface area contributed by atoms with Gasteiger partial charge in [-0.25, -0.2) is 0 Å². The molecular formula is C19H18N2OS. The van der Waals surface area contributed by atoms with E-state index >= 15 is 0 Å². The van der Waals surface area contributed by atoms with Crippen molar-refractivity contribution in [1.29, 1.82) is 5.26 Å². The molecule has 0 unspecified atom stereocenters. The van der Waals surface area contributed by atoms with Crippen LogP contribution in [0.1, 0.15) is 34.3 Å². The Hall–Kier alpha value is -2.25. The summed E-state index contributed by atoms with van der Waals surface area (Å²) in [5, 5.41) is 8.84. The molecule has 3 nitrogen and oxygen atoms in total. The molecule has 3 rings (SSSR count). The molecule has 0 N–H and O–H groups in total. The fourth-order valence-electron chi connectivity index (χ4n) is 2.70. The SMILES string of the molecule is N#Cc1ccc(CSc2ccccc2C(=O)N2CCCC2)cc1. The van der Waals surface area contributed by atoms with E-state index in [1.807, 2.05) is 53.4 Å². The summed E-state index contributed by atoms with van der Waals surface area (Å²) >= 11 is 1.67. The van der Waals surface area contributed by atoms with Crippen molar-refractivity contribution >= 4 is 17.7 Å². The van der Waals surface area contributed by atoms with Gasteiger partial charge in [-0.3, -0.25) is 4.79 Å². The smallest absolute Gasteiger partial charge is 0.254 e. The van der Waals surface area contributed by atoms with Crippen molar-refractivity contribution in [3.8, 4) is 6.07 Å². The number of hydrogen-bond donors (Lipinski definition) is 0. The molecule has 0 radical (unpaired) electrons. The molecule has 116 valence electrons. The van der Waals surface area contributed by atoms with Crippen LogP contribution in [0.25, 0.3) is 0 Å². The molecule has 1 amide bonds. The third-order valence-corrected chi connectivity index (χ3v) is 5.13. The Morgan fingerprint density at radius 2 is 1.78 bits per heavy atom. The number of carbonyl (C=O) groups excluding carboxylic acids is 1. The second-order valence-electron chi connectivity index (χ2n) is 5.59. The highest BCUT2D eigenvalue weighted by Crippen LogP contribution is 2.28. The number of amides is 1. The zero-order valence-corrected chi connectivity index (χ0v) is 13.7. The predicted molar refractivity (Wildman–Crippen MR) is 92.3 cm³/mol. The minimum atomic E-state index is 0.144. The lowest BCUT2D eigenvalue weighted by molar-refractivity contribution is 0.0789. The molecule has 2 aromatic carbocycles. The molecule has 0 bridgehead atoms. The third kappa shape index (κ3) is 3.75. The molecule has 0 atom stereocenters. The van der Waals surface area contributed by atoms with Gasteiger partial charge in [-0.15, -0.1) is 11.8 Å². The molecule has 23 heavy (non-hydrogen) atoms. The Morgan fingerprint density at radius 3 is 2.48 bits per heavy atom. The van der Waals surface area contributed by atoms with Crippen LogP contribution in [-0.2, 0) is 5.75 Å². The molecule has 1 aliphatic rings. The van der Waals surface area contributed by atoms with Gasteiger partial charge >= 0.3 is 0 Å². The zero-order chi connectivity index (χ0) is 16.1. The van der Waals surface area contributed by atoms with Crippen LogP contribution in [-0.4, -0.2) is 23.9 Å². The van der Waals surface area contributed by atoms with Crippen LogP contribution in [0.3, 0.4) is 0 Å². The molecule has 4 heteroatoms. The lowest BCUT2D eigenvalue weighted by Crippen LogP contribution is -2.28. The average molecular weight is 322 g/mol. The van der Waals surface area contributed by atoms with Gasteiger partial charge in [-0.1, -0.05) is 24.3 Å². The highest BCUT2D eigenvalue weighted by Gasteiger charge is 2.21. The first kappa shape index (κ1) is 15.6. The van der Waals surface area contributed by atoms with Crippen LogP contribution in [0.4, 0.5) is 0 Å². The third-order valence-electron chi connectivity index (χ3n) is 3.99. The van der Waals surface area contributed by atoms with Crippen molar-refractivity contribution in [2.24, 2.45) is 0 Å². The highest BCUT2D eigenvalue weighted by atomic mass is 32.2. The lowest BCUT2D eigenvalue weighted by atomic mass is 10.2. The number of thioether (sulfide) groups is 1. The molecule has 1 heterocycles. The van der Waals surface area contributed by atoms with E-state index in [1.165, 1.54) is 0 Å². The van der Waals surface area contributed by atoms with Crippen molar-refractivity contribution in [2.45, 2.75) is 23.5 Å². The number of carbonyl (C=O) groups is 1. The second kappa shape index (κ2) is 7.34. The van der Waals surface area contributed by atoms with Gasteiger partial charge in [0.2, 0.25) is 0 Å². The number of benzene rings is 2. The van der Waals surface area contributed by atoms with Crippen LogP contribution < -0.4 is 0 Å². The van der Waals surface area contributed by atoms with Crippen molar-refractivity contribution < 1.29 is 4.79 Å². The first-order chi connectivity index (χ1) is 11.3. The summed E-state index contributed by atoms with van der Waals surface area (Å²) in [6, 6.07) is 17.6. The van der Waals surface area contributed by atoms with E-state index < -0.39 is 0 Å². The molecule has 1 fully saturated rings. The van der Waals surface area contributed by atoms with Crippen LogP contribution >= 0.6 is 11.8 Å². The van der Waals surface area contributed by atoms with Gasteiger partial charge in [-0.05, 0) is 42.7 Å². The van der Waals surface area contributed by atoms with Gasteiger partial charge in [-0.2, -0.15) is 5.26 Å². The number of nitrogens with zero attached hydrogens (tertiary/aromatic N) is 2. The molecular weight excluding hydrogens is 304 g/mol. The summed E-state index contributed by atoms with van der Waals surface area (Å²) in [5.74, 6) is 0.932. The van der Waals surface area contributed by atoms with Crippen LogP contribution in [0, 0.1) is 11.3 Å². The van der Waals surface area contributed by atoms with E-state index in [-0.39, 0.29) is 5.91 Å². The van der Waals surface area contributed by atoms with Gasteiger partial charge < -0.3 is 4.90 Å². The van der Waals surface area contributed by atoms with Crippen molar-refractivity contribution in [3.05, 3.63) is 65.2 Å². The maximum Gasteiger partial charge on any atom is 0.254 e. The van der Waals surface area contributed by atoms with Crippen molar-refractivity contribution in [3.63, 3.8) is 0 Å². The van der Waals surface area contributed by atoms with E-state index in [0.29, 0.717) is 5.56 Å². The molecule has 0 aromatic heterocycles. The van der Waals surface area contributed by atoms with Crippen LogP contribution in [0.15, 0.2) is 53.4 Å². The average Bonchev–Trinajstić information content (AvgIpc) is 3.15. The predicted octanol–water partition coefficient (Wildman–Crippen LogP) is 4.09. The summed E-state index contributed by atoms with van der Waals surface area (Å²) in [4.78, 5) is 15.6. The summed E-state index contributed by atoms with van der Waals surface area (Å²) in [6.07, 6.45) is 2.21. The molecule has 1 aliphatic heterocycles. The Labute approximate surface area is 140 Å². The summed E-state index contributed by atoms with van der Waals surface area (Å²) < 4.78 is 0. The highest BCUT2D eigenvalue weighted by molar-refractivity contribution is 7.98. The van der Waals surface area contributed by atoms with Gasteiger partial charge in [0.1, 0.15) is 0 Å². The Bertz CT molecular complexity index is 728. The maximum absolute atomic E-state index is 12.6. The number of likely N-dealkylation sites (tertiary alicyclic amines) is 1. The molecule has 1 saturated heterocycles. The number of hydrogen-bond acceptors (Lipinski definition) is 3. The second-order valence-corrected chi connectivity index (χ2v) is 6.61. The monoisotopic (exact) mass is 322 g/mol. The van der Waals surface area contributed by atoms with Crippen molar-refractivity contribution in [2.75, 3.05) is 13.1 Å². The quantitative estimate of drug-likeness (QED) is 0.797. The van der Waals surface area contributed by atoms with Gasteiger partial charge in [0.25, 0.3) is 5.91 Å². The molecule has 2 aromatic rings. The van der Waals surface area contributed by atoms with Crippen LogP contribution in [0.2, 0.25) is 0 Å². The van der Waals surface area contributed by atoms with Crippen LogP contribution in [0.5, 0.6) is 0 Å². The molecule has 0 saturated carbocycles.